The molecule has 3 N–H and O–H groups in total. The molecule has 0 saturated heterocycles. The lowest BCUT2D eigenvalue weighted by molar-refractivity contribution is 0.547. The van der Waals surface area contributed by atoms with Crippen LogP contribution in [0.4, 0.5) is 4.39 Å². The van der Waals surface area contributed by atoms with Crippen LogP contribution < -0.4 is 10.5 Å². The maximum absolute atomic E-state index is 12.7. The van der Waals surface area contributed by atoms with E-state index >= 15 is 0 Å². The summed E-state index contributed by atoms with van der Waals surface area (Å²) in [5.41, 5.74) is 6.38. The summed E-state index contributed by atoms with van der Waals surface area (Å²) in [5.74, 6) is -0.0663. The highest BCUT2D eigenvalue weighted by molar-refractivity contribution is 7.88. The standard InChI is InChI=1S/C12H17FN2O2S.ClH/c13-11-5-1-9(2-6-11)8-18(16,17)15-7-12(14)10-3-4-10;/h1-2,5-6,10,12,15H,3-4,7-8,14H2;1H. The summed E-state index contributed by atoms with van der Waals surface area (Å²) in [6, 6.07) is 5.33. The fourth-order valence-corrected chi connectivity index (χ4v) is 2.95. The molecule has 1 atom stereocenters. The Kier molecular flexibility index (Phi) is 5.73. The third kappa shape index (κ3) is 5.44. The molecule has 1 unspecified atom stereocenters. The third-order valence-electron chi connectivity index (χ3n) is 3.04. The van der Waals surface area contributed by atoms with Gasteiger partial charge in [0.2, 0.25) is 10.0 Å². The van der Waals surface area contributed by atoms with Crippen molar-refractivity contribution >= 4 is 22.4 Å². The lowest BCUT2D eigenvalue weighted by Crippen LogP contribution is -2.39. The Morgan fingerprint density at radius 3 is 2.42 bits per heavy atom. The van der Waals surface area contributed by atoms with Crippen molar-refractivity contribution in [1.29, 1.82) is 0 Å². The summed E-state index contributed by atoms with van der Waals surface area (Å²) in [7, 11) is -3.40. The van der Waals surface area contributed by atoms with Crippen LogP contribution in [0.5, 0.6) is 0 Å². The van der Waals surface area contributed by atoms with Crippen molar-refractivity contribution < 1.29 is 12.8 Å². The van der Waals surface area contributed by atoms with E-state index in [2.05, 4.69) is 4.72 Å². The Morgan fingerprint density at radius 1 is 1.32 bits per heavy atom. The average Bonchev–Trinajstić information content (AvgIpc) is 3.13. The zero-order chi connectivity index (χ0) is 13.2. The van der Waals surface area contributed by atoms with E-state index in [0.29, 0.717) is 11.5 Å². The fourth-order valence-electron chi connectivity index (χ4n) is 1.77. The molecule has 0 amide bonds. The van der Waals surface area contributed by atoms with Gasteiger partial charge in [-0.2, -0.15) is 0 Å². The molecule has 1 aromatic carbocycles. The van der Waals surface area contributed by atoms with Gasteiger partial charge in [-0.1, -0.05) is 12.1 Å². The topological polar surface area (TPSA) is 72.2 Å². The maximum atomic E-state index is 12.7. The molecule has 1 aliphatic rings. The number of benzene rings is 1. The number of hydrogen-bond donors (Lipinski definition) is 2. The van der Waals surface area contributed by atoms with Crippen LogP contribution in [0.1, 0.15) is 18.4 Å². The first-order valence-corrected chi connectivity index (χ1v) is 7.59. The molecule has 108 valence electrons. The van der Waals surface area contributed by atoms with Crippen molar-refractivity contribution in [3.05, 3.63) is 35.6 Å². The van der Waals surface area contributed by atoms with Gasteiger partial charge in [0.25, 0.3) is 0 Å². The monoisotopic (exact) mass is 308 g/mol. The molecule has 4 nitrogen and oxygen atoms in total. The zero-order valence-corrected chi connectivity index (χ0v) is 12.0. The van der Waals surface area contributed by atoms with Crippen molar-refractivity contribution in [3.63, 3.8) is 0 Å². The second kappa shape index (κ2) is 6.65. The van der Waals surface area contributed by atoms with Gasteiger partial charge < -0.3 is 5.73 Å². The van der Waals surface area contributed by atoms with Crippen LogP contribution >= 0.6 is 12.4 Å². The Labute approximate surface area is 119 Å². The van der Waals surface area contributed by atoms with Crippen LogP contribution in [-0.4, -0.2) is 21.0 Å². The zero-order valence-electron chi connectivity index (χ0n) is 10.4. The molecular formula is C12H18ClFN2O2S. The minimum atomic E-state index is -3.40. The predicted octanol–water partition coefficient (Wildman–Crippen LogP) is 1.40. The molecule has 1 fully saturated rings. The predicted molar refractivity (Wildman–Crippen MR) is 75.0 cm³/mol. The van der Waals surface area contributed by atoms with E-state index < -0.39 is 10.0 Å². The molecule has 0 bridgehead atoms. The lowest BCUT2D eigenvalue weighted by atomic mass is 10.2. The quantitative estimate of drug-likeness (QED) is 0.834. The number of nitrogens with one attached hydrogen (secondary N) is 1. The molecule has 19 heavy (non-hydrogen) atoms. The normalized spacial score (nSPS) is 16.7. The third-order valence-corrected chi connectivity index (χ3v) is 4.36. The number of nitrogens with two attached hydrogens (primary N) is 1. The molecule has 2 rings (SSSR count). The lowest BCUT2D eigenvalue weighted by Gasteiger charge is -2.12. The second-order valence-corrected chi connectivity index (χ2v) is 6.54. The average molecular weight is 309 g/mol. The highest BCUT2D eigenvalue weighted by Gasteiger charge is 2.29. The molecule has 7 heteroatoms. The Morgan fingerprint density at radius 2 is 1.89 bits per heavy atom. The van der Waals surface area contributed by atoms with Crippen LogP contribution in [0.25, 0.3) is 0 Å². The molecule has 0 spiro atoms. The van der Waals surface area contributed by atoms with Crippen molar-refractivity contribution in [2.45, 2.75) is 24.6 Å². The van der Waals surface area contributed by atoms with Crippen molar-refractivity contribution in [1.82, 2.24) is 4.72 Å². The summed E-state index contributed by atoms with van der Waals surface area (Å²) >= 11 is 0. The van der Waals surface area contributed by atoms with Gasteiger partial charge in [-0.15, -0.1) is 12.4 Å². The van der Waals surface area contributed by atoms with Crippen LogP contribution in [-0.2, 0) is 15.8 Å². The molecule has 0 heterocycles. The molecule has 1 aromatic rings. The Hall–Kier alpha value is -0.690. The number of hydrogen-bond acceptors (Lipinski definition) is 3. The summed E-state index contributed by atoms with van der Waals surface area (Å²) in [4.78, 5) is 0. The minimum absolute atomic E-state index is 0. The van der Waals surface area contributed by atoms with E-state index in [1.165, 1.54) is 24.3 Å². The summed E-state index contributed by atoms with van der Waals surface area (Å²) in [6.07, 6.45) is 2.17. The van der Waals surface area contributed by atoms with Gasteiger partial charge in [0.1, 0.15) is 5.82 Å². The van der Waals surface area contributed by atoms with Crippen molar-refractivity contribution in [2.24, 2.45) is 11.7 Å². The van der Waals surface area contributed by atoms with Crippen LogP contribution in [0.3, 0.4) is 0 Å². The van der Waals surface area contributed by atoms with Crippen LogP contribution in [0, 0.1) is 11.7 Å². The van der Waals surface area contributed by atoms with Crippen molar-refractivity contribution in [3.8, 4) is 0 Å². The highest BCUT2D eigenvalue weighted by atomic mass is 35.5. The first-order chi connectivity index (χ1) is 8.46. The van der Waals surface area contributed by atoms with Gasteiger partial charge in [0, 0.05) is 12.6 Å². The van der Waals surface area contributed by atoms with Gasteiger partial charge in [-0.25, -0.2) is 17.5 Å². The van der Waals surface area contributed by atoms with E-state index in [4.69, 9.17) is 5.73 Å². The summed E-state index contributed by atoms with van der Waals surface area (Å²) in [5, 5.41) is 0. The first kappa shape index (κ1) is 16.4. The van der Waals surface area contributed by atoms with E-state index in [1.54, 1.807) is 0 Å². The van der Waals surface area contributed by atoms with E-state index in [1.807, 2.05) is 0 Å². The van der Waals surface area contributed by atoms with Gasteiger partial charge in [0.15, 0.2) is 0 Å². The maximum Gasteiger partial charge on any atom is 0.215 e. The van der Waals surface area contributed by atoms with E-state index in [0.717, 1.165) is 12.8 Å². The highest BCUT2D eigenvalue weighted by Crippen LogP contribution is 2.31. The second-order valence-electron chi connectivity index (χ2n) is 4.74. The van der Waals surface area contributed by atoms with Crippen LogP contribution in [0.2, 0.25) is 0 Å². The van der Waals surface area contributed by atoms with Crippen LogP contribution in [0.15, 0.2) is 24.3 Å². The minimum Gasteiger partial charge on any atom is -0.326 e. The number of halogens is 2. The van der Waals surface area contributed by atoms with Gasteiger partial charge in [-0.05, 0) is 36.5 Å². The molecule has 0 radical (unpaired) electrons. The number of sulfonamides is 1. The Balaban J connectivity index is 0.00000180. The molecular weight excluding hydrogens is 291 g/mol. The SMILES string of the molecule is Cl.NC(CNS(=O)(=O)Cc1ccc(F)cc1)C1CC1. The van der Waals surface area contributed by atoms with Gasteiger partial charge in [0.05, 0.1) is 5.75 Å². The molecule has 0 aliphatic heterocycles. The smallest absolute Gasteiger partial charge is 0.215 e. The largest absolute Gasteiger partial charge is 0.326 e. The molecule has 1 saturated carbocycles. The molecule has 0 aromatic heterocycles. The Bertz CT molecular complexity index is 503. The van der Waals surface area contributed by atoms with Gasteiger partial charge in [-0.3, -0.25) is 0 Å². The number of rotatable bonds is 6. The van der Waals surface area contributed by atoms with E-state index in [9.17, 15) is 12.8 Å². The summed E-state index contributed by atoms with van der Waals surface area (Å²) < 4.78 is 38.7. The van der Waals surface area contributed by atoms with E-state index in [-0.39, 0.29) is 36.6 Å². The van der Waals surface area contributed by atoms with Gasteiger partial charge >= 0.3 is 0 Å². The fraction of sp³-hybridized carbons (Fsp3) is 0.500. The summed E-state index contributed by atoms with van der Waals surface area (Å²) in [6.45, 7) is 0.272. The first-order valence-electron chi connectivity index (χ1n) is 5.94. The molecule has 1 aliphatic carbocycles. The van der Waals surface area contributed by atoms with Crippen molar-refractivity contribution in [2.75, 3.05) is 6.54 Å².